The van der Waals surface area contributed by atoms with E-state index in [-0.39, 0.29) is 24.6 Å². The van der Waals surface area contributed by atoms with Gasteiger partial charge in [-0.15, -0.1) is 0 Å². The maximum absolute atomic E-state index is 13.9. The molecule has 3 aromatic rings. The number of likely N-dealkylation sites (N-methyl/N-ethyl adjacent to an activating group) is 1. The van der Waals surface area contributed by atoms with Crippen LogP contribution in [0.4, 0.5) is 5.69 Å². The van der Waals surface area contributed by atoms with Crippen molar-refractivity contribution in [2.24, 2.45) is 0 Å². The molecule has 0 radical (unpaired) electrons. The largest absolute Gasteiger partial charge is 0.497 e. The second-order valence-corrected chi connectivity index (χ2v) is 10.6. The Morgan fingerprint density at radius 2 is 1.47 bits per heavy atom. The van der Waals surface area contributed by atoms with Gasteiger partial charge in [-0.05, 0) is 35.4 Å². The van der Waals surface area contributed by atoms with Gasteiger partial charge in [0.25, 0.3) is 0 Å². The number of hydrogen-bond donors (Lipinski definition) is 1. The van der Waals surface area contributed by atoms with Gasteiger partial charge in [-0.25, -0.2) is 8.42 Å². The smallest absolute Gasteiger partial charge is 0.244 e. The normalized spacial score (nSPS) is 11.8. The molecular formula is C28H33N3O6S. The van der Waals surface area contributed by atoms with Gasteiger partial charge < -0.3 is 19.7 Å². The van der Waals surface area contributed by atoms with Crippen LogP contribution in [0.15, 0.2) is 78.9 Å². The molecule has 0 spiro atoms. The predicted octanol–water partition coefficient (Wildman–Crippen LogP) is 2.86. The first-order valence-corrected chi connectivity index (χ1v) is 13.8. The summed E-state index contributed by atoms with van der Waals surface area (Å²) in [5.41, 5.74) is 1.87. The molecule has 3 aromatic carbocycles. The van der Waals surface area contributed by atoms with E-state index in [0.717, 1.165) is 21.7 Å². The molecule has 10 heteroatoms. The summed E-state index contributed by atoms with van der Waals surface area (Å²) in [6, 6.07) is 22.1. The zero-order valence-corrected chi connectivity index (χ0v) is 22.8. The van der Waals surface area contributed by atoms with E-state index in [4.69, 9.17) is 9.47 Å². The summed E-state index contributed by atoms with van der Waals surface area (Å²) in [5.74, 6) is 0.149. The van der Waals surface area contributed by atoms with Gasteiger partial charge in [0.05, 0.1) is 26.2 Å². The fraction of sp³-hybridized carbons (Fsp3) is 0.286. The highest BCUT2D eigenvalue weighted by atomic mass is 32.2. The van der Waals surface area contributed by atoms with Gasteiger partial charge in [0.1, 0.15) is 24.1 Å². The molecule has 1 N–H and O–H groups in total. The zero-order valence-electron chi connectivity index (χ0n) is 22.0. The third-order valence-electron chi connectivity index (χ3n) is 6.03. The van der Waals surface area contributed by atoms with Crippen LogP contribution in [0, 0.1) is 0 Å². The number of nitrogens with zero attached hydrogens (tertiary/aromatic N) is 2. The Kier molecular flexibility index (Phi) is 9.72. The summed E-state index contributed by atoms with van der Waals surface area (Å²) >= 11 is 0. The standard InChI is InChI=1S/C28H33N3O6S/c1-29-28(33)26(17-21-10-6-5-7-11-21)30(19-22-12-8-14-24(16-22)36-2)27(32)20-31(38(4,34)35)23-13-9-15-25(18-23)37-3/h5-16,18,26H,17,19-20H2,1-4H3,(H,29,33)/t26-/m1/s1. The second-order valence-electron chi connectivity index (χ2n) is 8.66. The van der Waals surface area contributed by atoms with Crippen LogP contribution >= 0.6 is 0 Å². The van der Waals surface area contributed by atoms with Crippen molar-refractivity contribution in [3.05, 3.63) is 90.0 Å². The van der Waals surface area contributed by atoms with Crippen LogP contribution in [-0.4, -0.2) is 65.2 Å². The quantitative estimate of drug-likeness (QED) is 0.380. The van der Waals surface area contributed by atoms with Crippen molar-refractivity contribution in [2.75, 3.05) is 38.4 Å². The van der Waals surface area contributed by atoms with E-state index in [2.05, 4.69) is 5.32 Å². The molecule has 0 bridgehead atoms. The third kappa shape index (κ3) is 7.48. The SMILES string of the molecule is CNC(=O)[C@@H](Cc1ccccc1)N(Cc1cccc(OC)c1)C(=O)CN(c1cccc(OC)c1)S(C)(=O)=O. The summed E-state index contributed by atoms with van der Waals surface area (Å²) < 4.78 is 37.2. The number of sulfonamides is 1. The fourth-order valence-corrected chi connectivity index (χ4v) is 4.91. The number of methoxy groups -OCH3 is 2. The molecule has 0 aliphatic rings. The van der Waals surface area contributed by atoms with Crippen molar-refractivity contribution < 1.29 is 27.5 Å². The van der Waals surface area contributed by atoms with Crippen LogP contribution in [0.5, 0.6) is 11.5 Å². The summed E-state index contributed by atoms with van der Waals surface area (Å²) in [5, 5.41) is 2.65. The number of anilines is 1. The van der Waals surface area contributed by atoms with E-state index in [9.17, 15) is 18.0 Å². The van der Waals surface area contributed by atoms with Crippen LogP contribution in [0.25, 0.3) is 0 Å². The van der Waals surface area contributed by atoms with Gasteiger partial charge in [-0.2, -0.15) is 0 Å². The van der Waals surface area contributed by atoms with Crippen LogP contribution in [-0.2, 0) is 32.6 Å². The lowest BCUT2D eigenvalue weighted by Crippen LogP contribution is -2.52. The van der Waals surface area contributed by atoms with E-state index in [1.165, 1.54) is 19.1 Å². The highest BCUT2D eigenvalue weighted by Crippen LogP contribution is 2.24. The van der Waals surface area contributed by atoms with E-state index < -0.39 is 28.5 Å². The van der Waals surface area contributed by atoms with Crippen molar-refractivity contribution in [1.82, 2.24) is 10.2 Å². The topological polar surface area (TPSA) is 105 Å². The number of rotatable bonds is 12. The Hall–Kier alpha value is -4.05. The van der Waals surface area contributed by atoms with Gasteiger partial charge in [0.2, 0.25) is 21.8 Å². The summed E-state index contributed by atoms with van der Waals surface area (Å²) in [7, 11) is 0.671. The Morgan fingerprint density at radius 3 is 2.08 bits per heavy atom. The van der Waals surface area contributed by atoms with E-state index in [0.29, 0.717) is 11.5 Å². The molecule has 0 fully saturated rings. The number of carbonyl (C=O) groups excluding carboxylic acids is 2. The van der Waals surface area contributed by atoms with Gasteiger partial charge in [0, 0.05) is 26.1 Å². The first kappa shape index (κ1) is 28.5. The molecule has 0 saturated carbocycles. The van der Waals surface area contributed by atoms with Gasteiger partial charge in [0.15, 0.2) is 0 Å². The Labute approximate surface area is 224 Å². The van der Waals surface area contributed by atoms with Crippen molar-refractivity contribution in [1.29, 1.82) is 0 Å². The molecular weight excluding hydrogens is 506 g/mol. The molecule has 0 aliphatic carbocycles. The average molecular weight is 540 g/mol. The molecule has 0 saturated heterocycles. The molecule has 3 rings (SSSR count). The molecule has 0 heterocycles. The number of hydrogen-bond acceptors (Lipinski definition) is 6. The molecule has 9 nitrogen and oxygen atoms in total. The Balaban J connectivity index is 2.04. The lowest BCUT2D eigenvalue weighted by molar-refractivity contribution is -0.139. The highest BCUT2D eigenvalue weighted by Gasteiger charge is 2.32. The van der Waals surface area contributed by atoms with Crippen LogP contribution in [0.3, 0.4) is 0 Å². The van der Waals surface area contributed by atoms with Crippen LogP contribution < -0.4 is 19.1 Å². The number of benzene rings is 3. The summed E-state index contributed by atoms with van der Waals surface area (Å²) in [6.45, 7) is -0.436. The fourth-order valence-electron chi connectivity index (χ4n) is 4.07. The Morgan fingerprint density at radius 1 is 0.868 bits per heavy atom. The molecule has 202 valence electrons. The molecule has 1 atom stereocenters. The van der Waals surface area contributed by atoms with Crippen molar-refractivity contribution in [3.8, 4) is 11.5 Å². The average Bonchev–Trinajstić information content (AvgIpc) is 2.93. The minimum Gasteiger partial charge on any atom is -0.497 e. The number of amides is 2. The van der Waals surface area contributed by atoms with Crippen molar-refractivity contribution in [2.45, 2.75) is 19.0 Å². The van der Waals surface area contributed by atoms with Gasteiger partial charge >= 0.3 is 0 Å². The highest BCUT2D eigenvalue weighted by molar-refractivity contribution is 7.92. The van der Waals surface area contributed by atoms with Gasteiger partial charge in [-0.3, -0.25) is 13.9 Å². The maximum Gasteiger partial charge on any atom is 0.244 e. The summed E-state index contributed by atoms with van der Waals surface area (Å²) in [6.07, 6.45) is 1.28. The molecule has 0 aliphatic heterocycles. The predicted molar refractivity (Wildman–Crippen MR) is 147 cm³/mol. The van der Waals surface area contributed by atoms with Crippen molar-refractivity contribution >= 4 is 27.5 Å². The molecule has 0 aromatic heterocycles. The lowest BCUT2D eigenvalue weighted by Gasteiger charge is -2.33. The number of carbonyl (C=O) groups is 2. The molecule has 2 amide bonds. The molecule has 38 heavy (non-hydrogen) atoms. The van der Waals surface area contributed by atoms with E-state index >= 15 is 0 Å². The van der Waals surface area contributed by atoms with Crippen LogP contribution in [0.2, 0.25) is 0 Å². The molecule has 0 unspecified atom stereocenters. The van der Waals surface area contributed by atoms with E-state index in [1.807, 2.05) is 36.4 Å². The minimum atomic E-state index is -3.86. The zero-order chi connectivity index (χ0) is 27.7. The number of ether oxygens (including phenoxy) is 2. The second kappa shape index (κ2) is 13.0. The lowest BCUT2D eigenvalue weighted by atomic mass is 10.0. The van der Waals surface area contributed by atoms with Crippen molar-refractivity contribution in [3.63, 3.8) is 0 Å². The maximum atomic E-state index is 13.9. The monoisotopic (exact) mass is 539 g/mol. The minimum absolute atomic E-state index is 0.0661. The van der Waals surface area contributed by atoms with Gasteiger partial charge in [-0.1, -0.05) is 48.5 Å². The van der Waals surface area contributed by atoms with E-state index in [1.54, 1.807) is 49.6 Å². The first-order chi connectivity index (χ1) is 18.2. The summed E-state index contributed by atoms with van der Waals surface area (Å²) in [4.78, 5) is 28.5. The Bertz CT molecular complexity index is 1350. The first-order valence-electron chi connectivity index (χ1n) is 12.0. The van der Waals surface area contributed by atoms with Crippen LogP contribution in [0.1, 0.15) is 11.1 Å². The third-order valence-corrected chi connectivity index (χ3v) is 7.17. The number of nitrogens with one attached hydrogen (secondary N) is 1.